The van der Waals surface area contributed by atoms with E-state index in [1.807, 2.05) is 6.92 Å². The highest BCUT2D eigenvalue weighted by Gasteiger charge is 2.31. The Hall–Kier alpha value is -2.87. The SMILES string of the molecule is CCC(C)C(N)C(=O)NC(CCC(=O)O)C(=O)NC(CCC(=O)O)C(=O)NC(CS)C(=O)O. The van der Waals surface area contributed by atoms with Crippen molar-refractivity contribution in [1.82, 2.24) is 16.0 Å². The molecule has 0 heterocycles. The van der Waals surface area contributed by atoms with E-state index >= 15 is 0 Å². The minimum absolute atomic E-state index is 0.225. The predicted octanol–water partition coefficient (Wildman–Crippen LogP) is -1.44. The molecule has 8 N–H and O–H groups in total. The van der Waals surface area contributed by atoms with Gasteiger partial charge in [-0.1, -0.05) is 20.3 Å². The van der Waals surface area contributed by atoms with Gasteiger partial charge in [-0.05, 0) is 18.8 Å². The normalized spacial score (nSPS) is 15.3. The van der Waals surface area contributed by atoms with E-state index in [-0.39, 0.29) is 24.5 Å². The van der Waals surface area contributed by atoms with Crippen molar-refractivity contribution < 1.29 is 44.1 Å². The van der Waals surface area contributed by atoms with E-state index in [1.54, 1.807) is 6.92 Å². The molecule has 0 fully saturated rings. The van der Waals surface area contributed by atoms with Gasteiger partial charge < -0.3 is 37.0 Å². The topological polar surface area (TPSA) is 225 Å². The van der Waals surface area contributed by atoms with E-state index < -0.39 is 72.6 Å². The van der Waals surface area contributed by atoms with Gasteiger partial charge >= 0.3 is 17.9 Å². The number of thiol groups is 1. The predicted molar refractivity (Wildman–Crippen MR) is 118 cm³/mol. The van der Waals surface area contributed by atoms with Crippen LogP contribution in [0.25, 0.3) is 0 Å². The standard InChI is InChI=1S/C19H32N4O9S/c1-3-9(2)15(20)18(30)22-11(5-7-14(26)27)16(28)21-10(4-6-13(24)25)17(29)23-12(8-33)19(31)32/h9-12,15,33H,3-8,20H2,1-2H3,(H,21,28)(H,22,30)(H,23,29)(H,24,25)(H,26,27)(H,31,32). The molecule has 0 rings (SSSR count). The van der Waals surface area contributed by atoms with E-state index in [4.69, 9.17) is 21.1 Å². The van der Waals surface area contributed by atoms with Gasteiger partial charge in [0.15, 0.2) is 0 Å². The molecular weight excluding hydrogens is 460 g/mol. The maximum Gasteiger partial charge on any atom is 0.327 e. The van der Waals surface area contributed by atoms with Gasteiger partial charge in [-0.25, -0.2) is 4.79 Å². The number of hydrogen-bond acceptors (Lipinski definition) is 8. The maximum absolute atomic E-state index is 12.8. The minimum atomic E-state index is -1.46. The third-order valence-electron chi connectivity index (χ3n) is 4.92. The third kappa shape index (κ3) is 11.5. The van der Waals surface area contributed by atoms with Crippen LogP contribution in [0.5, 0.6) is 0 Å². The summed E-state index contributed by atoms with van der Waals surface area (Å²) in [6, 6.07) is -5.18. The van der Waals surface area contributed by atoms with Crippen molar-refractivity contribution in [2.24, 2.45) is 11.7 Å². The Morgan fingerprint density at radius 2 is 1.18 bits per heavy atom. The molecule has 188 valence electrons. The zero-order valence-corrected chi connectivity index (χ0v) is 19.3. The Balaban J connectivity index is 5.58. The first-order valence-corrected chi connectivity index (χ1v) is 10.9. The molecule has 14 heteroatoms. The molecule has 0 radical (unpaired) electrons. The van der Waals surface area contributed by atoms with E-state index in [0.717, 1.165) is 0 Å². The highest BCUT2D eigenvalue weighted by atomic mass is 32.1. The molecule has 0 aromatic rings. The van der Waals surface area contributed by atoms with Crippen molar-refractivity contribution in [2.45, 2.75) is 70.1 Å². The number of carboxylic acid groups (broad SMARTS) is 3. The van der Waals surface area contributed by atoms with E-state index in [0.29, 0.717) is 6.42 Å². The van der Waals surface area contributed by atoms with Crippen molar-refractivity contribution in [2.75, 3.05) is 5.75 Å². The van der Waals surface area contributed by atoms with Crippen molar-refractivity contribution in [3.05, 3.63) is 0 Å². The van der Waals surface area contributed by atoms with Gasteiger partial charge in [-0.15, -0.1) is 0 Å². The van der Waals surface area contributed by atoms with Crippen LogP contribution >= 0.6 is 12.6 Å². The lowest BCUT2D eigenvalue weighted by atomic mass is 9.98. The first-order valence-electron chi connectivity index (χ1n) is 10.3. The highest BCUT2D eigenvalue weighted by molar-refractivity contribution is 7.80. The average Bonchev–Trinajstić information content (AvgIpc) is 2.75. The van der Waals surface area contributed by atoms with Gasteiger partial charge in [-0.3, -0.25) is 24.0 Å². The fraction of sp³-hybridized carbons (Fsp3) is 0.684. The van der Waals surface area contributed by atoms with Crippen molar-refractivity contribution in [3.63, 3.8) is 0 Å². The van der Waals surface area contributed by atoms with Crippen LogP contribution in [0.1, 0.15) is 46.0 Å². The fourth-order valence-corrected chi connectivity index (χ4v) is 2.83. The molecule has 0 aliphatic heterocycles. The summed E-state index contributed by atoms with van der Waals surface area (Å²) >= 11 is 3.82. The number of carboxylic acids is 3. The van der Waals surface area contributed by atoms with Crippen LogP contribution in [-0.2, 0) is 28.8 Å². The second-order valence-electron chi connectivity index (χ2n) is 7.48. The zero-order valence-electron chi connectivity index (χ0n) is 18.4. The first kappa shape index (κ1) is 30.1. The molecule has 5 atom stereocenters. The lowest BCUT2D eigenvalue weighted by Gasteiger charge is -2.25. The first-order chi connectivity index (χ1) is 15.3. The highest BCUT2D eigenvalue weighted by Crippen LogP contribution is 2.08. The second-order valence-corrected chi connectivity index (χ2v) is 7.85. The van der Waals surface area contributed by atoms with Crippen molar-refractivity contribution >= 4 is 48.3 Å². The number of carbonyl (C=O) groups is 6. The Kier molecular flexibility index (Phi) is 13.7. The summed E-state index contributed by atoms with van der Waals surface area (Å²) in [6.07, 6.45) is -1.13. The molecule has 5 unspecified atom stereocenters. The molecule has 13 nitrogen and oxygen atoms in total. The molecule has 0 bridgehead atoms. The summed E-state index contributed by atoms with van der Waals surface area (Å²) in [4.78, 5) is 70.7. The number of hydrogen-bond donors (Lipinski definition) is 8. The summed E-state index contributed by atoms with van der Waals surface area (Å²) in [5.41, 5.74) is 5.85. The van der Waals surface area contributed by atoms with Crippen LogP contribution in [0.2, 0.25) is 0 Å². The Morgan fingerprint density at radius 3 is 1.52 bits per heavy atom. The van der Waals surface area contributed by atoms with Gasteiger partial charge in [0.2, 0.25) is 17.7 Å². The largest absolute Gasteiger partial charge is 0.481 e. The zero-order chi connectivity index (χ0) is 25.7. The molecule has 0 spiro atoms. The van der Waals surface area contributed by atoms with Crippen molar-refractivity contribution in [3.8, 4) is 0 Å². The molecule has 33 heavy (non-hydrogen) atoms. The van der Waals surface area contributed by atoms with Gasteiger partial charge in [0, 0.05) is 18.6 Å². The van der Waals surface area contributed by atoms with Crippen LogP contribution in [-0.4, -0.2) is 80.9 Å². The quantitative estimate of drug-likeness (QED) is 0.117. The molecule has 0 aliphatic carbocycles. The van der Waals surface area contributed by atoms with Crippen LogP contribution < -0.4 is 21.7 Å². The summed E-state index contributed by atoms with van der Waals surface area (Å²) < 4.78 is 0. The Bertz CT molecular complexity index is 734. The molecule has 0 aliphatic rings. The number of aliphatic carboxylic acids is 3. The summed E-state index contributed by atoms with van der Waals surface area (Å²) in [6.45, 7) is 3.54. The molecular formula is C19H32N4O9S. The van der Waals surface area contributed by atoms with Gasteiger partial charge in [0.05, 0.1) is 6.04 Å². The maximum atomic E-state index is 12.8. The van der Waals surface area contributed by atoms with Crippen LogP contribution in [0, 0.1) is 5.92 Å². The minimum Gasteiger partial charge on any atom is -0.481 e. The Labute approximate surface area is 196 Å². The monoisotopic (exact) mass is 492 g/mol. The van der Waals surface area contributed by atoms with Crippen LogP contribution in [0.15, 0.2) is 0 Å². The van der Waals surface area contributed by atoms with E-state index in [2.05, 4.69) is 28.6 Å². The van der Waals surface area contributed by atoms with Gasteiger partial charge in [0.25, 0.3) is 0 Å². The smallest absolute Gasteiger partial charge is 0.327 e. The van der Waals surface area contributed by atoms with E-state index in [9.17, 15) is 28.8 Å². The number of carbonyl (C=O) groups excluding carboxylic acids is 3. The van der Waals surface area contributed by atoms with Crippen LogP contribution in [0.3, 0.4) is 0 Å². The number of nitrogens with two attached hydrogens (primary N) is 1. The van der Waals surface area contributed by atoms with Crippen molar-refractivity contribution in [1.29, 1.82) is 0 Å². The molecule has 0 aromatic heterocycles. The van der Waals surface area contributed by atoms with Gasteiger partial charge in [0.1, 0.15) is 18.1 Å². The van der Waals surface area contributed by atoms with Gasteiger partial charge in [-0.2, -0.15) is 12.6 Å². The van der Waals surface area contributed by atoms with E-state index in [1.165, 1.54) is 0 Å². The van der Waals surface area contributed by atoms with Crippen LogP contribution in [0.4, 0.5) is 0 Å². The number of nitrogens with one attached hydrogen (secondary N) is 3. The third-order valence-corrected chi connectivity index (χ3v) is 5.28. The molecule has 0 aromatic carbocycles. The second kappa shape index (κ2) is 15.1. The number of rotatable bonds is 16. The summed E-state index contributed by atoms with van der Waals surface area (Å²) in [7, 11) is 0. The number of amides is 3. The molecule has 0 saturated carbocycles. The lowest BCUT2D eigenvalue weighted by Crippen LogP contribution is -2.57. The molecule has 0 saturated heterocycles. The summed E-state index contributed by atoms with van der Waals surface area (Å²) in [5, 5.41) is 33.7. The lowest BCUT2D eigenvalue weighted by molar-refractivity contribution is -0.142. The Morgan fingerprint density at radius 1 is 0.788 bits per heavy atom. The molecule has 3 amide bonds. The average molecular weight is 493 g/mol. The summed E-state index contributed by atoms with van der Waals surface area (Å²) in [5.74, 6) is -6.96. The fourth-order valence-electron chi connectivity index (χ4n) is 2.58.